The van der Waals surface area contributed by atoms with Crippen molar-refractivity contribution in [2.24, 2.45) is 5.73 Å². The van der Waals surface area contributed by atoms with Crippen molar-refractivity contribution >= 4 is 12.0 Å². The van der Waals surface area contributed by atoms with E-state index in [1.807, 2.05) is 25.5 Å². The lowest BCUT2D eigenvalue weighted by molar-refractivity contribution is -0.131. The third-order valence-corrected chi connectivity index (χ3v) is 4.07. The second-order valence-corrected chi connectivity index (χ2v) is 7.24. The second-order valence-electron chi connectivity index (χ2n) is 7.24. The molecule has 1 spiro atoms. The van der Waals surface area contributed by atoms with Crippen molar-refractivity contribution < 1.29 is 19.1 Å². The van der Waals surface area contributed by atoms with Crippen LogP contribution in [0.1, 0.15) is 42.5 Å². The summed E-state index contributed by atoms with van der Waals surface area (Å²) in [6.07, 6.45) is -0.413. The number of aromatic nitrogens is 2. The molecule has 3 rings (SSSR count). The third-order valence-electron chi connectivity index (χ3n) is 4.07. The molecule has 0 radical (unpaired) electrons. The highest BCUT2D eigenvalue weighted by atomic mass is 16.6. The Kier molecular flexibility index (Phi) is 3.40. The number of fused-ring (bicyclic) bond motifs is 2. The molecule has 0 aromatic carbocycles. The zero-order valence-electron chi connectivity index (χ0n) is 13.9. The topological polar surface area (TPSA) is 99.7 Å². The molecule has 8 nitrogen and oxygen atoms in total. The number of primary amides is 1. The Morgan fingerprint density at radius 3 is 2.48 bits per heavy atom. The van der Waals surface area contributed by atoms with E-state index >= 15 is 0 Å². The van der Waals surface area contributed by atoms with Crippen molar-refractivity contribution in [3.05, 3.63) is 17.0 Å². The quantitative estimate of drug-likeness (QED) is 0.823. The van der Waals surface area contributed by atoms with Gasteiger partial charge in [0.05, 0.1) is 43.3 Å². The Morgan fingerprint density at radius 1 is 1.35 bits per heavy atom. The summed E-state index contributed by atoms with van der Waals surface area (Å²) >= 11 is 0. The summed E-state index contributed by atoms with van der Waals surface area (Å²) < 4.78 is 12.6. The van der Waals surface area contributed by atoms with Gasteiger partial charge in [0.25, 0.3) is 5.91 Å². The Balaban J connectivity index is 1.98. The van der Waals surface area contributed by atoms with Crippen LogP contribution in [0.3, 0.4) is 0 Å². The number of amides is 2. The fraction of sp³-hybridized carbons (Fsp3) is 0.667. The minimum Gasteiger partial charge on any atom is -0.444 e. The molecule has 3 heterocycles. The molecular weight excluding hydrogens is 300 g/mol. The molecule has 8 heteroatoms. The van der Waals surface area contributed by atoms with Gasteiger partial charge in [-0.1, -0.05) is 0 Å². The molecule has 23 heavy (non-hydrogen) atoms. The van der Waals surface area contributed by atoms with Crippen LogP contribution in [0.2, 0.25) is 0 Å². The number of rotatable bonds is 1. The minimum atomic E-state index is -0.583. The summed E-state index contributed by atoms with van der Waals surface area (Å²) in [7, 11) is 0. The third kappa shape index (κ3) is 2.56. The first kappa shape index (κ1) is 15.8. The highest BCUT2D eigenvalue weighted by Gasteiger charge is 2.50. The van der Waals surface area contributed by atoms with Crippen LogP contribution in [0, 0.1) is 6.92 Å². The molecule has 1 aromatic rings. The van der Waals surface area contributed by atoms with E-state index in [0.717, 1.165) is 0 Å². The lowest BCUT2D eigenvalue weighted by Gasteiger charge is -2.48. The molecule has 1 saturated heterocycles. The zero-order valence-corrected chi connectivity index (χ0v) is 13.9. The summed E-state index contributed by atoms with van der Waals surface area (Å²) in [5.41, 5.74) is 6.07. The van der Waals surface area contributed by atoms with Gasteiger partial charge >= 0.3 is 6.09 Å². The van der Waals surface area contributed by atoms with Crippen LogP contribution in [0.15, 0.2) is 0 Å². The van der Waals surface area contributed by atoms with E-state index in [4.69, 9.17) is 15.2 Å². The summed E-state index contributed by atoms with van der Waals surface area (Å²) in [6, 6.07) is 0. The number of hydrogen-bond donors (Lipinski definition) is 1. The number of hydrogen-bond acceptors (Lipinski definition) is 5. The molecule has 2 amide bonds. The van der Waals surface area contributed by atoms with Gasteiger partial charge in [0.2, 0.25) is 0 Å². The van der Waals surface area contributed by atoms with E-state index in [1.165, 1.54) is 0 Å². The van der Waals surface area contributed by atoms with Gasteiger partial charge in [-0.2, -0.15) is 5.10 Å². The Morgan fingerprint density at radius 2 is 2.00 bits per heavy atom. The summed E-state index contributed by atoms with van der Waals surface area (Å²) in [6.45, 7) is 8.78. The van der Waals surface area contributed by atoms with Crippen molar-refractivity contribution in [3.8, 4) is 0 Å². The Labute approximate surface area is 134 Å². The maximum Gasteiger partial charge on any atom is 0.410 e. The molecule has 2 aliphatic heterocycles. The lowest BCUT2D eigenvalue weighted by Crippen LogP contribution is -2.63. The molecule has 2 aliphatic rings. The predicted molar refractivity (Wildman–Crippen MR) is 80.9 cm³/mol. The maximum atomic E-state index is 12.5. The smallest absolute Gasteiger partial charge is 0.410 e. The maximum absolute atomic E-state index is 12.5. The predicted octanol–water partition coefficient (Wildman–Crippen LogP) is 0.767. The number of ether oxygens (including phenoxy) is 2. The average Bonchev–Trinajstić information content (AvgIpc) is 2.69. The van der Waals surface area contributed by atoms with Crippen molar-refractivity contribution in [3.63, 3.8) is 0 Å². The summed E-state index contributed by atoms with van der Waals surface area (Å²) in [5, 5.41) is 4.47. The van der Waals surface area contributed by atoms with E-state index in [1.54, 1.807) is 11.8 Å². The van der Waals surface area contributed by atoms with E-state index in [9.17, 15) is 9.59 Å². The second kappa shape index (κ2) is 4.95. The van der Waals surface area contributed by atoms with Crippen LogP contribution in [-0.2, 0) is 21.6 Å². The first-order valence-corrected chi connectivity index (χ1v) is 7.57. The molecule has 2 N–H and O–H groups in total. The van der Waals surface area contributed by atoms with Gasteiger partial charge < -0.3 is 15.2 Å². The summed E-state index contributed by atoms with van der Waals surface area (Å²) in [5.74, 6) is -0.537. The van der Waals surface area contributed by atoms with Gasteiger partial charge in [0.1, 0.15) is 11.1 Å². The molecule has 1 fully saturated rings. The molecule has 0 atom stereocenters. The van der Waals surface area contributed by atoms with Gasteiger partial charge in [0.15, 0.2) is 0 Å². The lowest BCUT2D eigenvalue weighted by atomic mass is 9.93. The van der Waals surface area contributed by atoms with Crippen LogP contribution < -0.4 is 5.73 Å². The van der Waals surface area contributed by atoms with Gasteiger partial charge in [-0.15, -0.1) is 0 Å². The normalized spacial score (nSPS) is 19.2. The number of aryl methyl sites for hydroxylation is 1. The Bertz CT molecular complexity index is 670. The van der Waals surface area contributed by atoms with Gasteiger partial charge in [-0.05, 0) is 27.7 Å². The first-order chi connectivity index (χ1) is 10.6. The molecule has 0 bridgehead atoms. The zero-order chi connectivity index (χ0) is 17.0. The molecule has 1 aromatic heterocycles. The van der Waals surface area contributed by atoms with Gasteiger partial charge in [-0.3, -0.25) is 14.4 Å². The largest absolute Gasteiger partial charge is 0.444 e. The standard InChI is InChI=1S/C15H22N4O4/c1-9-11(12(16)20)10-5-18(13(21)23-14(2,3)4)6-15(7-22-8-15)19(10)17-9/h5-8H2,1-4H3,(H2,16,20). The van der Waals surface area contributed by atoms with Crippen LogP contribution in [0.4, 0.5) is 4.79 Å². The SMILES string of the molecule is Cc1nn2c(c1C(N)=O)CN(C(=O)OC(C)(C)C)CC21COC1. The monoisotopic (exact) mass is 322 g/mol. The summed E-state index contributed by atoms with van der Waals surface area (Å²) in [4.78, 5) is 25.8. The van der Waals surface area contributed by atoms with Crippen molar-refractivity contribution in [1.82, 2.24) is 14.7 Å². The highest BCUT2D eigenvalue weighted by molar-refractivity contribution is 5.95. The van der Waals surface area contributed by atoms with E-state index in [-0.39, 0.29) is 6.54 Å². The van der Waals surface area contributed by atoms with E-state index in [2.05, 4.69) is 5.10 Å². The molecule has 126 valence electrons. The fourth-order valence-electron chi connectivity index (χ4n) is 3.10. The molecule has 0 saturated carbocycles. The number of nitrogens with two attached hydrogens (primary N) is 1. The van der Waals surface area contributed by atoms with Gasteiger partial charge in [-0.25, -0.2) is 4.79 Å². The fourth-order valence-corrected chi connectivity index (χ4v) is 3.10. The van der Waals surface area contributed by atoms with Gasteiger partial charge in [0, 0.05) is 0 Å². The van der Waals surface area contributed by atoms with Crippen LogP contribution in [0.25, 0.3) is 0 Å². The van der Waals surface area contributed by atoms with Crippen molar-refractivity contribution in [2.75, 3.05) is 19.8 Å². The van der Waals surface area contributed by atoms with E-state index < -0.39 is 23.1 Å². The average molecular weight is 322 g/mol. The van der Waals surface area contributed by atoms with Crippen LogP contribution in [-0.4, -0.2) is 52.0 Å². The molecular formula is C15H22N4O4. The number of nitrogens with zero attached hydrogens (tertiary/aromatic N) is 3. The molecule has 0 unspecified atom stereocenters. The van der Waals surface area contributed by atoms with Crippen LogP contribution in [0.5, 0.6) is 0 Å². The van der Waals surface area contributed by atoms with Crippen LogP contribution >= 0.6 is 0 Å². The number of carbonyl (C=O) groups excluding carboxylic acids is 2. The molecule has 0 aliphatic carbocycles. The van der Waals surface area contributed by atoms with Crippen molar-refractivity contribution in [2.45, 2.75) is 45.4 Å². The van der Waals surface area contributed by atoms with E-state index in [0.29, 0.717) is 36.7 Å². The first-order valence-electron chi connectivity index (χ1n) is 7.57. The highest BCUT2D eigenvalue weighted by Crippen LogP contribution is 2.35. The Hall–Kier alpha value is -2.09. The van der Waals surface area contributed by atoms with Crippen molar-refractivity contribution in [1.29, 1.82) is 0 Å². The number of carbonyl (C=O) groups is 2. The minimum absolute atomic E-state index is 0.246.